The van der Waals surface area contributed by atoms with Gasteiger partial charge >= 0.3 is 0 Å². The lowest BCUT2D eigenvalue weighted by Gasteiger charge is -2.02. The molecule has 0 unspecified atom stereocenters. The summed E-state index contributed by atoms with van der Waals surface area (Å²) in [6, 6.07) is 4.21. The van der Waals surface area contributed by atoms with E-state index in [-0.39, 0.29) is 0 Å². The topological polar surface area (TPSA) is 24.9 Å². The number of nitrogens with zero attached hydrogens (tertiary/aromatic N) is 1. The van der Waals surface area contributed by atoms with Crippen LogP contribution in [0.15, 0.2) is 22.9 Å². The van der Waals surface area contributed by atoms with E-state index >= 15 is 0 Å². The Labute approximate surface area is 123 Å². The van der Waals surface area contributed by atoms with Crippen molar-refractivity contribution in [3.8, 4) is 10.6 Å². The largest absolute Gasteiger partial charge is 0.316 e. The molecule has 2 aromatic rings. The van der Waals surface area contributed by atoms with Gasteiger partial charge < -0.3 is 5.32 Å². The highest BCUT2D eigenvalue weighted by molar-refractivity contribution is 7.14. The third-order valence-corrected chi connectivity index (χ3v) is 4.85. The number of nitrogens with one attached hydrogen (secondary N) is 1. The molecule has 0 aromatic carbocycles. The minimum absolute atomic E-state index is 1.05. The van der Waals surface area contributed by atoms with E-state index in [9.17, 15) is 0 Å². The quantitative estimate of drug-likeness (QED) is 0.685. The minimum Gasteiger partial charge on any atom is -0.316 e. The van der Waals surface area contributed by atoms with Crippen LogP contribution >= 0.6 is 22.7 Å². The second-order valence-electron chi connectivity index (χ2n) is 4.66. The monoisotopic (exact) mass is 294 g/mol. The van der Waals surface area contributed by atoms with E-state index < -0.39 is 0 Å². The van der Waals surface area contributed by atoms with E-state index in [1.165, 1.54) is 35.6 Å². The zero-order valence-corrected chi connectivity index (χ0v) is 13.2. The summed E-state index contributed by atoms with van der Waals surface area (Å²) in [5, 5.41) is 9.02. The minimum atomic E-state index is 1.05. The van der Waals surface area contributed by atoms with E-state index in [4.69, 9.17) is 0 Å². The summed E-state index contributed by atoms with van der Waals surface area (Å²) in [6.45, 7) is 4.44. The van der Waals surface area contributed by atoms with Gasteiger partial charge in [0.05, 0.1) is 15.6 Å². The molecule has 4 heteroatoms. The Morgan fingerprint density at radius 2 is 2.11 bits per heavy atom. The van der Waals surface area contributed by atoms with Crippen molar-refractivity contribution >= 4 is 22.7 Å². The molecule has 0 fully saturated rings. The van der Waals surface area contributed by atoms with E-state index in [2.05, 4.69) is 40.1 Å². The highest BCUT2D eigenvalue weighted by Gasteiger charge is 2.04. The molecule has 0 saturated heterocycles. The zero-order valence-electron chi connectivity index (χ0n) is 11.5. The molecule has 2 nitrogen and oxygen atoms in total. The van der Waals surface area contributed by atoms with Gasteiger partial charge in [-0.2, -0.15) is 0 Å². The lowest BCUT2D eigenvalue weighted by atomic mass is 10.2. The number of aromatic nitrogens is 1. The van der Waals surface area contributed by atoms with Gasteiger partial charge in [0.2, 0.25) is 0 Å². The molecule has 0 atom stereocenters. The van der Waals surface area contributed by atoms with Crippen LogP contribution in [0.4, 0.5) is 0 Å². The van der Waals surface area contributed by atoms with Crippen LogP contribution in [0.3, 0.4) is 0 Å². The van der Waals surface area contributed by atoms with Crippen LogP contribution in [0.2, 0.25) is 0 Å². The smallest absolute Gasteiger partial charge is 0.0945 e. The molecule has 0 spiro atoms. The number of thiazole rings is 1. The molecule has 0 bridgehead atoms. The summed E-state index contributed by atoms with van der Waals surface area (Å²) < 4.78 is 0. The molecule has 0 aliphatic rings. The van der Waals surface area contributed by atoms with Crippen LogP contribution in [0.25, 0.3) is 10.6 Å². The number of hydrogen-bond acceptors (Lipinski definition) is 4. The average molecular weight is 294 g/mol. The van der Waals surface area contributed by atoms with Gasteiger partial charge in [-0.05, 0) is 24.4 Å². The summed E-state index contributed by atoms with van der Waals surface area (Å²) in [5.74, 6) is 0. The average Bonchev–Trinajstić information content (AvgIpc) is 3.08. The number of rotatable bonds is 9. The van der Waals surface area contributed by atoms with Crippen molar-refractivity contribution in [3.05, 3.63) is 27.9 Å². The molecule has 0 aliphatic carbocycles. The molecule has 2 heterocycles. The molecule has 19 heavy (non-hydrogen) atoms. The van der Waals surface area contributed by atoms with Crippen LogP contribution in [-0.4, -0.2) is 18.1 Å². The third kappa shape index (κ3) is 5.05. The Balaban J connectivity index is 1.64. The summed E-state index contributed by atoms with van der Waals surface area (Å²) in [5.41, 5.74) is 1.14. The maximum Gasteiger partial charge on any atom is 0.0945 e. The predicted molar refractivity (Wildman–Crippen MR) is 86.1 cm³/mol. The number of hydrogen-bond donors (Lipinski definition) is 1. The van der Waals surface area contributed by atoms with E-state index in [1.807, 2.05) is 0 Å². The fourth-order valence-corrected chi connectivity index (χ4v) is 3.52. The Morgan fingerprint density at radius 3 is 2.89 bits per heavy atom. The lowest BCUT2D eigenvalue weighted by Crippen LogP contribution is -2.18. The summed E-state index contributed by atoms with van der Waals surface area (Å²) in [7, 11) is 0. The first-order valence-electron chi connectivity index (χ1n) is 7.09. The standard InChI is InChI=1S/C15H22N2S2/c1-2-3-4-5-9-16-10-8-15-17-13(12-19-15)14-7-6-11-18-14/h6-7,11-12,16H,2-5,8-10H2,1H3. The van der Waals surface area contributed by atoms with Gasteiger partial charge in [-0.15, -0.1) is 22.7 Å². The summed E-state index contributed by atoms with van der Waals surface area (Å²) >= 11 is 3.53. The molecule has 0 amide bonds. The first-order valence-corrected chi connectivity index (χ1v) is 8.85. The molecule has 0 saturated carbocycles. The summed E-state index contributed by atoms with van der Waals surface area (Å²) in [6.07, 6.45) is 6.36. The van der Waals surface area contributed by atoms with E-state index in [0.717, 1.165) is 25.2 Å². The fourth-order valence-electron chi connectivity index (χ4n) is 1.96. The zero-order chi connectivity index (χ0) is 13.3. The van der Waals surface area contributed by atoms with Crippen molar-refractivity contribution in [1.82, 2.24) is 10.3 Å². The van der Waals surface area contributed by atoms with Gasteiger partial charge in [-0.1, -0.05) is 32.3 Å². The van der Waals surface area contributed by atoms with Crippen molar-refractivity contribution in [2.24, 2.45) is 0 Å². The van der Waals surface area contributed by atoms with Crippen molar-refractivity contribution in [2.75, 3.05) is 13.1 Å². The van der Waals surface area contributed by atoms with Crippen LogP contribution in [-0.2, 0) is 6.42 Å². The SMILES string of the molecule is CCCCCCNCCc1nc(-c2cccs2)cs1. The molecular formula is C15H22N2S2. The second-order valence-corrected chi connectivity index (χ2v) is 6.55. The van der Waals surface area contributed by atoms with Crippen LogP contribution < -0.4 is 5.32 Å². The Bertz CT molecular complexity index is 448. The highest BCUT2D eigenvalue weighted by atomic mass is 32.1. The normalized spacial score (nSPS) is 11.0. The van der Waals surface area contributed by atoms with Crippen LogP contribution in [0.1, 0.15) is 37.6 Å². The molecule has 2 rings (SSSR count). The molecule has 2 aromatic heterocycles. The van der Waals surface area contributed by atoms with Gasteiger partial charge in [0, 0.05) is 18.3 Å². The van der Waals surface area contributed by atoms with Crippen molar-refractivity contribution in [1.29, 1.82) is 0 Å². The highest BCUT2D eigenvalue weighted by Crippen LogP contribution is 2.26. The Kier molecular flexibility index (Phi) is 6.54. The van der Waals surface area contributed by atoms with Gasteiger partial charge in [-0.25, -0.2) is 4.98 Å². The van der Waals surface area contributed by atoms with Crippen molar-refractivity contribution in [3.63, 3.8) is 0 Å². The lowest BCUT2D eigenvalue weighted by molar-refractivity contribution is 0.598. The third-order valence-electron chi connectivity index (χ3n) is 3.05. The fraction of sp³-hybridized carbons (Fsp3) is 0.533. The van der Waals surface area contributed by atoms with Crippen molar-refractivity contribution < 1.29 is 0 Å². The van der Waals surface area contributed by atoms with Gasteiger partial charge in [0.15, 0.2) is 0 Å². The van der Waals surface area contributed by atoms with Crippen LogP contribution in [0, 0.1) is 0 Å². The Morgan fingerprint density at radius 1 is 1.16 bits per heavy atom. The molecule has 0 aliphatic heterocycles. The van der Waals surface area contributed by atoms with E-state index in [1.54, 1.807) is 22.7 Å². The summed E-state index contributed by atoms with van der Waals surface area (Å²) in [4.78, 5) is 5.96. The first-order chi connectivity index (χ1) is 9.40. The maximum atomic E-state index is 4.69. The number of unbranched alkanes of at least 4 members (excludes halogenated alkanes) is 3. The van der Waals surface area contributed by atoms with E-state index in [0.29, 0.717) is 0 Å². The molecular weight excluding hydrogens is 272 g/mol. The predicted octanol–water partition coefficient (Wildman–Crippen LogP) is 4.58. The van der Waals surface area contributed by atoms with Crippen LogP contribution in [0.5, 0.6) is 0 Å². The Hall–Kier alpha value is -0.710. The van der Waals surface area contributed by atoms with Crippen molar-refractivity contribution in [2.45, 2.75) is 39.0 Å². The maximum absolute atomic E-state index is 4.69. The second kappa shape index (κ2) is 8.46. The number of thiophene rings is 1. The first kappa shape index (κ1) is 14.7. The molecule has 104 valence electrons. The molecule has 1 N–H and O–H groups in total. The van der Waals surface area contributed by atoms with Gasteiger partial charge in [-0.3, -0.25) is 0 Å². The van der Waals surface area contributed by atoms with Gasteiger partial charge in [0.25, 0.3) is 0 Å². The molecule has 0 radical (unpaired) electrons. The van der Waals surface area contributed by atoms with Gasteiger partial charge in [0.1, 0.15) is 0 Å².